The summed E-state index contributed by atoms with van der Waals surface area (Å²) in [4.78, 5) is 0. The molecule has 0 N–H and O–H groups in total. The SMILES string of the molecule is CC/C=C(\CC)C(C)(C)C. The summed E-state index contributed by atoms with van der Waals surface area (Å²) in [5.41, 5.74) is 1.96. The summed E-state index contributed by atoms with van der Waals surface area (Å²) in [5, 5.41) is 0. The van der Waals surface area contributed by atoms with Gasteiger partial charge >= 0.3 is 0 Å². The molecule has 0 aliphatic carbocycles. The van der Waals surface area contributed by atoms with Crippen LogP contribution in [0.1, 0.15) is 47.5 Å². The Morgan fingerprint density at radius 2 is 1.70 bits per heavy atom. The molecule has 0 aliphatic heterocycles. The average molecular weight is 140 g/mol. The van der Waals surface area contributed by atoms with Crippen LogP contribution in [0.5, 0.6) is 0 Å². The summed E-state index contributed by atoms with van der Waals surface area (Å²) in [6.45, 7) is 11.3. The van der Waals surface area contributed by atoms with Gasteiger partial charge in [-0.15, -0.1) is 0 Å². The smallest absolute Gasteiger partial charge is 0.0173 e. The van der Waals surface area contributed by atoms with Crippen LogP contribution in [0.15, 0.2) is 11.6 Å². The minimum absolute atomic E-state index is 0.380. The van der Waals surface area contributed by atoms with Crippen LogP contribution in [0.2, 0.25) is 0 Å². The number of allylic oxidation sites excluding steroid dienone is 2. The molecule has 0 nitrogen and oxygen atoms in total. The lowest BCUT2D eigenvalue weighted by Crippen LogP contribution is -2.08. The molecule has 0 fully saturated rings. The molecule has 0 saturated carbocycles. The zero-order chi connectivity index (χ0) is 8.20. The molecule has 10 heavy (non-hydrogen) atoms. The summed E-state index contributed by atoms with van der Waals surface area (Å²) in [7, 11) is 0. The van der Waals surface area contributed by atoms with Gasteiger partial charge in [-0.25, -0.2) is 0 Å². The van der Waals surface area contributed by atoms with Gasteiger partial charge in [-0.3, -0.25) is 0 Å². The standard InChI is InChI=1S/C10H20/c1-6-8-9(7-2)10(3,4)5/h8H,6-7H2,1-5H3/b9-8+. The second kappa shape index (κ2) is 3.80. The lowest BCUT2D eigenvalue weighted by atomic mass is 9.84. The number of rotatable bonds is 2. The van der Waals surface area contributed by atoms with E-state index < -0.39 is 0 Å². The maximum Gasteiger partial charge on any atom is -0.0173 e. The zero-order valence-electron chi connectivity index (χ0n) is 7.99. The minimum atomic E-state index is 0.380. The highest BCUT2D eigenvalue weighted by Gasteiger charge is 2.13. The van der Waals surface area contributed by atoms with Crippen molar-refractivity contribution in [1.29, 1.82) is 0 Å². The van der Waals surface area contributed by atoms with Crippen molar-refractivity contribution in [3.05, 3.63) is 11.6 Å². The molecule has 0 unspecified atom stereocenters. The van der Waals surface area contributed by atoms with Crippen molar-refractivity contribution in [1.82, 2.24) is 0 Å². The van der Waals surface area contributed by atoms with Crippen LogP contribution in [0.25, 0.3) is 0 Å². The Morgan fingerprint density at radius 3 is 1.80 bits per heavy atom. The van der Waals surface area contributed by atoms with Gasteiger partial charge in [0, 0.05) is 0 Å². The molecule has 60 valence electrons. The molecule has 0 rings (SSSR count). The maximum atomic E-state index is 2.35. The molecule has 0 spiro atoms. The molecule has 0 atom stereocenters. The molecule has 0 aromatic heterocycles. The van der Waals surface area contributed by atoms with Gasteiger partial charge in [-0.1, -0.05) is 46.3 Å². The first-order valence-electron chi connectivity index (χ1n) is 4.21. The third kappa shape index (κ3) is 3.05. The Bertz CT molecular complexity index is 112. The van der Waals surface area contributed by atoms with E-state index in [1.807, 2.05) is 0 Å². The van der Waals surface area contributed by atoms with Crippen LogP contribution in [0, 0.1) is 5.41 Å². The van der Waals surface area contributed by atoms with Crippen molar-refractivity contribution in [3.8, 4) is 0 Å². The molecule has 0 saturated heterocycles. The molecular formula is C10H20. The summed E-state index contributed by atoms with van der Waals surface area (Å²) < 4.78 is 0. The van der Waals surface area contributed by atoms with E-state index >= 15 is 0 Å². The van der Waals surface area contributed by atoms with E-state index in [1.54, 1.807) is 5.57 Å². The van der Waals surface area contributed by atoms with Crippen molar-refractivity contribution < 1.29 is 0 Å². The molecule has 0 amide bonds. The first-order chi connectivity index (χ1) is 4.52. The van der Waals surface area contributed by atoms with Crippen LogP contribution >= 0.6 is 0 Å². The highest BCUT2D eigenvalue weighted by atomic mass is 14.2. The number of hydrogen-bond donors (Lipinski definition) is 0. The molecule has 0 aliphatic rings. The van der Waals surface area contributed by atoms with E-state index in [0.29, 0.717) is 5.41 Å². The van der Waals surface area contributed by atoms with Gasteiger partial charge in [-0.2, -0.15) is 0 Å². The lowest BCUT2D eigenvalue weighted by Gasteiger charge is -2.21. The van der Waals surface area contributed by atoms with Crippen molar-refractivity contribution in [2.75, 3.05) is 0 Å². The molecule has 0 heteroatoms. The van der Waals surface area contributed by atoms with Crippen molar-refractivity contribution >= 4 is 0 Å². The van der Waals surface area contributed by atoms with Gasteiger partial charge in [0.1, 0.15) is 0 Å². The van der Waals surface area contributed by atoms with E-state index in [4.69, 9.17) is 0 Å². The molecule has 0 aromatic carbocycles. The van der Waals surface area contributed by atoms with Gasteiger partial charge in [-0.05, 0) is 18.3 Å². The average Bonchev–Trinajstić information content (AvgIpc) is 1.80. The first-order valence-corrected chi connectivity index (χ1v) is 4.21. The Balaban J connectivity index is 4.21. The van der Waals surface area contributed by atoms with Crippen molar-refractivity contribution in [3.63, 3.8) is 0 Å². The Morgan fingerprint density at radius 1 is 1.20 bits per heavy atom. The fourth-order valence-corrected chi connectivity index (χ4v) is 1.23. The predicted octanol–water partition coefficient (Wildman–Crippen LogP) is 3.78. The number of hydrogen-bond acceptors (Lipinski definition) is 0. The Kier molecular flexibility index (Phi) is 3.70. The highest BCUT2D eigenvalue weighted by molar-refractivity contribution is 5.09. The van der Waals surface area contributed by atoms with Crippen LogP contribution in [-0.2, 0) is 0 Å². The van der Waals surface area contributed by atoms with Crippen LogP contribution in [0.3, 0.4) is 0 Å². The molecule has 0 heterocycles. The predicted molar refractivity (Wildman–Crippen MR) is 48.1 cm³/mol. The largest absolute Gasteiger partial charge is 0.0851 e. The van der Waals surface area contributed by atoms with Gasteiger partial charge in [0.15, 0.2) is 0 Å². The van der Waals surface area contributed by atoms with Gasteiger partial charge < -0.3 is 0 Å². The Labute approximate surface area is 65.3 Å². The van der Waals surface area contributed by atoms with Crippen LogP contribution < -0.4 is 0 Å². The van der Waals surface area contributed by atoms with Gasteiger partial charge in [0.25, 0.3) is 0 Å². The van der Waals surface area contributed by atoms with E-state index in [9.17, 15) is 0 Å². The summed E-state index contributed by atoms with van der Waals surface area (Å²) in [5.74, 6) is 0. The molecule has 0 aromatic rings. The van der Waals surface area contributed by atoms with Gasteiger partial charge in [0.05, 0.1) is 0 Å². The van der Waals surface area contributed by atoms with Crippen LogP contribution in [-0.4, -0.2) is 0 Å². The van der Waals surface area contributed by atoms with Crippen molar-refractivity contribution in [2.24, 2.45) is 5.41 Å². The topological polar surface area (TPSA) is 0 Å². The molecular weight excluding hydrogens is 120 g/mol. The summed E-state index contributed by atoms with van der Waals surface area (Å²) in [6, 6.07) is 0. The van der Waals surface area contributed by atoms with E-state index in [1.165, 1.54) is 12.8 Å². The molecule has 0 bridgehead atoms. The second-order valence-corrected chi connectivity index (χ2v) is 3.74. The van der Waals surface area contributed by atoms with E-state index in [0.717, 1.165) is 0 Å². The third-order valence-corrected chi connectivity index (χ3v) is 1.79. The summed E-state index contributed by atoms with van der Waals surface area (Å²) >= 11 is 0. The quantitative estimate of drug-likeness (QED) is 0.512. The molecule has 0 radical (unpaired) electrons. The zero-order valence-corrected chi connectivity index (χ0v) is 7.99. The summed E-state index contributed by atoms with van der Waals surface area (Å²) in [6.07, 6.45) is 4.71. The second-order valence-electron chi connectivity index (χ2n) is 3.74. The fourth-order valence-electron chi connectivity index (χ4n) is 1.23. The third-order valence-electron chi connectivity index (χ3n) is 1.79. The van der Waals surface area contributed by atoms with Crippen molar-refractivity contribution in [2.45, 2.75) is 47.5 Å². The van der Waals surface area contributed by atoms with E-state index in [2.05, 4.69) is 40.7 Å². The van der Waals surface area contributed by atoms with Crippen LogP contribution in [0.4, 0.5) is 0 Å². The van der Waals surface area contributed by atoms with E-state index in [-0.39, 0.29) is 0 Å². The lowest BCUT2D eigenvalue weighted by molar-refractivity contribution is 0.486. The first kappa shape index (κ1) is 9.74. The monoisotopic (exact) mass is 140 g/mol. The van der Waals surface area contributed by atoms with Gasteiger partial charge in [0.2, 0.25) is 0 Å². The Hall–Kier alpha value is -0.260. The normalized spacial score (nSPS) is 13.9. The highest BCUT2D eigenvalue weighted by Crippen LogP contribution is 2.27. The minimum Gasteiger partial charge on any atom is -0.0851 e. The fraction of sp³-hybridized carbons (Fsp3) is 0.800. The maximum absolute atomic E-state index is 2.35.